The van der Waals surface area contributed by atoms with Gasteiger partial charge in [0.25, 0.3) is 0 Å². The lowest BCUT2D eigenvalue weighted by Crippen LogP contribution is -1.97. The summed E-state index contributed by atoms with van der Waals surface area (Å²) in [5.74, 6) is 0. The maximum absolute atomic E-state index is 2.43. The average molecular weight is 739 g/mol. The lowest BCUT2D eigenvalue weighted by Gasteiger charge is -2.25. The van der Waals surface area contributed by atoms with Crippen molar-refractivity contribution in [1.29, 1.82) is 0 Å². The van der Waals surface area contributed by atoms with Gasteiger partial charge in [-0.2, -0.15) is 0 Å². The second-order valence-electron chi connectivity index (χ2n) is 15.0. The Labute approximate surface area is 335 Å². The first kappa shape index (κ1) is 32.2. The molecule has 57 heavy (non-hydrogen) atoms. The van der Waals surface area contributed by atoms with Crippen molar-refractivity contribution in [3.8, 4) is 77.9 Å². The minimum atomic E-state index is 1.21. The predicted octanol–water partition coefficient (Wildman–Crippen LogP) is 16.3. The first-order chi connectivity index (χ1) is 28.3. The molecule has 1 aliphatic rings. The molecule has 12 rings (SSSR count). The van der Waals surface area contributed by atoms with Crippen LogP contribution in [0.25, 0.3) is 120 Å². The SMILES string of the molecule is c1ccc(-c2ccc(-c3ccccc3)c3c(-c4ccccc4)c4c(c(-c5ccccc5)c23)-c2cccc3c(-c5cccc6c5sc5ccccc56)ccc-4c23)cc1. The van der Waals surface area contributed by atoms with Crippen molar-refractivity contribution in [2.75, 3.05) is 0 Å². The van der Waals surface area contributed by atoms with E-state index in [1.54, 1.807) is 0 Å². The molecule has 10 aromatic carbocycles. The predicted molar refractivity (Wildman–Crippen MR) is 246 cm³/mol. The number of rotatable bonds is 5. The highest BCUT2D eigenvalue weighted by Crippen LogP contribution is 2.61. The van der Waals surface area contributed by atoms with Crippen LogP contribution in [0.15, 0.2) is 206 Å². The van der Waals surface area contributed by atoms with E-state index in [-0.39, 0.29) is 0 Å². The van der Waals surface area contributed by atoms with Crippen molar-refractivity contribution in [3.05, 3.63) is 206 Å². The quantitative estimate of drug-likeness (QED) is 0.165. The van der Waals surface area contributed by atoms with Crippen LogP contribution in [-0.4, -0.2) is 0 Å². The number of hydrogen-bond donors (Lipinski definition) is 0. The third kappa shape index (κ3) is 4.80. The zero-order valence-electron chi connectivity index (χ0n) is 31.0. The van der Waals surface area contributed by atoms with Gasteiger partial charge in [-0.3, -0.25) is 0 Å². The lowest BCUT2D eigenvalue weighted by atomic mass is 9.78. The van der Waals surface area contributed by atoms with E-state index >= 15 is 0 Å². The van der Waals surface area contributed by atoms with Crippen molar-refractivity contribution < 1.29 is 0 Å². The van der Waals surface area contributed by atoms with Gasteiger partial charge in [0.1, 0.15) is 0 Å². The molecule has 1 aromatic heterocycles. The molecule has 264 valence electrons. The van der Waals surface area contributed by atoms with Crippen LogP contribution in [0, 0.1) is 0 Å². The summed E-state index contributed by atoms with van der Waals surface area (Å²) in [4.78, 5) is 0. The van der Waals surface area contributed by atoms with E-state index in [2.05, 4.69) is 206 Å². The Bertz CT molecular complexity index is 3220. The summed E-state index contributed by atoms with van der Waals surface area (Å²) >= 11 is 1.90. The Balaban J connectivity index is 1.29. The van der Waals surface area contributed by atoms with Crippen molar-refractivity contribution in [3.63, 3.8) is 0 Å². The Morgan fingerprint density at radius 2 is 0.649 bits per heavy atom. The highest BCUT2D eigenvalue weighted by molar-refractivity contribution is 7.26. The molecule has 0 saturated carbocycles. The largest absolute Gasteiger partial charge is 0.135 e. The van der Waals surface area contributed by atoms with Crippen LogP contribution in [-0.2, 0) is 0 Å². The number of thiophene rings is 1. The summed E-state index contributed by atoms with van der Waals surface area (Å²) in [5.41, 5.74) is 17.7. The summed E-state index contributed by atoms with van der Waals surface area (Å²) in [5, 5.41) is 7.84. The topological polar surface area (TPSA) is 0 Å². The van der Waals surface area contributed by atoms with E-state index in [0.717, 1.165) is 0 Å². The smallest absolute Gasteiger partial charge is 0.0434 e. The molecule has 0 saturated heterocycles. The minimum Gasteiger partial charge on any atom is -0.135 e. The molecule has 0 bridgehead atoms. The number of hydrogen-bond acceptors (Lipinski definition) is 1. The van der Waals surface area contributed by atoms with E-state index in [0.29, 0.717) is 0 Å². The van der Waals surface area contributed by atoms with E-state index in [1.165, 1.54) is 120 Å². The van der Waals surface area contributed by atoms with Gasteiger partial charge in [0, 0.05) is 25.7 Å². The Kier molecular flexibility index (Phi) is 7.20. The second kappa shape index (κ2) is 12.7. The maximum Gasteiger partial charge on any atom is 0.0434 e. The van der Waals surface area contributed by atoms with Gasteiger partial charge in [-0.15, -0.1) is 11.3 Å². The number of fused-ring (bicyclic) bond motifs is 7. The van der Waals surface area contributed by atoms with E-state index in [9.17, 15) is 0 Å². The van der Waals surface area contributed by atoms with Crippen LogP contribution in [0.5, 0.6) is 0 Å². The van der Waals surface area contributed by atoms with Crippen LogP contribution in [0.1, 0.15) is 0 Å². The molecular weight excluding hydrogens is 705 g/mol. The van der Waals surface area contributed by atoms with Crippen LogP contribution in [0.2, 0.25) is 0 Å². The molecule has 0 N–H and O–H groups in total. The Morgan fingerprint density at radius 3 is 1.23 bits per heavy atom. The van der Waals surface area contributed by atoms with Gasteiger partial charge in [0.15, 0.2) is 0 Å². The first-order valence-electron chi connectivity index (χ1n) is 19.7. The molecule has 1 aliphatic carbocycles. The van der Waals surface area contributed by atoms with E-state index in [1.807, 2.05) is 11.3 Å². The van der Waals surface area contributed by atoms with Gasteiger partial charge < -0.3 is 0 Å². The molecular formula is C56H34S. The fourth-order valence-corrected chi connectivity index (χ4v) is 10.9. The van der Waals surface area contributed by atoms with E-state index < -0.39 is 0 Å². The molecule has 11 aromatic rings. The van der Waals surface area contributed by atoms with Crippen LogP contribution in [0.3, 0.4) is 0 Å². The van der Waals surface area contributed by atoms with Gasteiger partial charge in [0.2, 0.25) is 0 Å². The van der Waals surface area contributed by atoms with Crippen molar-refractivity contribution in [2.24, 2.45) is 0 Å². The van der Waals surface area contributed by atoms with Gasteiger partial charge in [0.05, 0.1) is 0 Å². The highest BCUT2D eigenvalue weighted by Gasteiger charge is 2.33. The molecule has 0 unspecified atom stereocenters. The minimum absolute atomic E-state index is 1.21. The summed E-state index contributed by atoms with van der Waals surface area (Å²) in [6.45, 7) is 0. The van der Waals surface area contributed by atoms with Gasteiger partial charge >= 0.3 is 0 Å². The fraction of sp³-hybridized carbons (Fsp3) is 0. The summed E-state index contributed by atoms with van der Waals surface area (Å²) < 4.78 is 2.67. The Hall–Kier alpha value is -7.06. The summed E-state index contributed by atoms with van der Waals surface area (Å²) in [6, 6.07) is 76.4. The molecule has 0 fully saturated rings. The maximum atomic E-state index is 2.43. The molecule has 0 atom stereocenters. The molecule has 0 amide bonds. The summed E-state index contributed by atoms with van der Waals surface area (Å²) in [6.07, 6.45) is 0. The molecule has 0 aliphatic heterocycles. The molecule has 0 spiro atoms. The third-order valence-corrected chi connectivity index (χ3v) is 13.2. The van der Waals surface area contributed by atoms with E-state index in [4.69, 9.17) is 0 Å². The van der Waals surface area contributed by atoms with Gasteiger partial charge in [-0.05, 0) is 99.9 Å². The third-order valence-electron chi connectivity index (χ3n) is 12.0. The summed E-state index contributed by atoms with van der Waals surface area (Å²) in [7, 11) is 0. The standard InChI is InChI=1S/C56H34S/c1-5-17-35(18-6-1)39-31-32-40(36-19-7-2-8-20-36)53-50(38-23-11-4-12-24-38)55-47-34-33-41(44-27-16-28-45-42-25-13-14-30-48(42)57-56(44)45)43-26-15-29-46(51(43)47)54(55)49(52(39)53)37-21-9-3-10-22-37/h1-34H. The Morgan fingerprint density at radius 1 is 0.228 bits per heavy atom. The first-order valence-corrected chi connectivity index (χ1v) is 20.5. The van der Waals surface area contributed by atoms with Gasteiger partial charge in [-0.25, -0.2) is 0 Å². The fourth-order valence-electron chi connectivity index (χ4n) is 9.68. The number of benzene rings is 10. The zero-order valence-corrected chi connectivity index (χ0v) is 31.9. The molecule has 0 radical (unpaired) electrons. The lowest BCUT2D eigenvalue weighted by molar-refractivity contribution is 1.59. The van der Waals surface area contributed by atoms with Crippen LogP contribution in [0.4, 0.5) is 0 Å². The second-order valence-corrected chi connectivity index (χ2v) is 16.1. The highest BCUT2D eigenvalue weighted by atomic mass is 32.1. The van der Waals surface area contributed by atoms with Crippen LogP contribution >= 0.6 is 11.3 Å². The normalized spacial score (nSPS) is 11.9. The van der Waals surface area contributed by atoms with Gasteiger partial charge in [-0.1, -0.05) is 200 Å². The zero-order chi connectivity index (χ0) is 37.5. The molecule has 1 heteroatoms. The average Bonchev–Trinajstić information content (AvgIpc) is 3.83. The van der Waals surface area contributed by atoms with Crippen LogP contribution < -0.4 is 0 Å². The van der Waals surface area contributed by atoms with Crippen molar-refractivity contribution in [2.45, 2.75) is 0 Å². The van der Waals surface area contributed by atoms with Crippen molar-refractivity contribution in [1.82, 2.24) is 0 Å². The molecule has 1 heterocycles. The monoisotopic (exact) mass is 738 g/mol. The van der Waals surface area contributed by atoms with Crippen molar-refractivity contribution >= 4 is 53.1 Å². The molecule has 0 nitrogen and oxygen atoms in total.